The Morgan fingerprint density at radius 2 is 1.76 bits per heavy atom. The summed E-state index contributed by atoms with van der Waals surface area (Å²) in [6.45, 7) is 0.176. The lowest BCUT2D eigenvalue weighted by Crippen LogP contribution is -2.24. The number of nitrogens with one attached hydrogen (secondary N) is 2. The van der Waals surface area contributed by atoms with E-state index in [-0.39, 0.29) is 29.5 Å². The van der Waals surface area contributed by atoms with E-state index in [2.05, 4.69) is 20.6 Å². The summed E-state index contributed by atoms with van der Waals surface area (Å²) in [4.78, 5) is 45.3. The van der Waals surface area contributed by atoms with Crippen molar-refractivity contribution < 1.29 is 23.2 Å². The fourth-order valence-electron chi connectivity index (χ4n) is 3.66. The predicted octanol–water partition coefficient (Wildman–Crippen LogP) is 3.41. The second kappa shape index (κ2) is 9.74. The highest BCUT2D eigenvalue weighted by Crippen LogP contribution is 2.23. The second-order valence-electron chi connectivity index (χ2n) is 8.00. The van der Waals surface area contributed by atoms with Gasteiger partial charge in [0.1, 0.15) is 17.8 Å². The van der Waals surface area contributed by atoms with Gasteiger partial charge < -0.3 is 20.8 Å². The maximum absolute atomic E-state index is 13.1. The third-order valence-corrected chi connectivity index (χ3v) is 5.51. The molecular formula is C26H19FN6O4. The van der Waals surface area contributed by atoms with Crippen LogP contribution in [0.25, 0.3) is 17.1 Å². The molecule has 10 nitrogen and oxygen atoms in total. The number of rotatable bonds is 7. The smallest absolute Gasteiger partial charge is 0.271 e. The number of primary amides is 1. The molecule has 184 valence electrons. The van der Waals surface area contributed by atoms with Gasteiger partial charge in [-0.25, -0.2) is 14.4 Å². The number of hydrogen-bond donors (Lipinski definition) is 3. The zero-order chi connectivity index (χ0) is 25.9. The van der Waals surface area contributed by atoms with E-state index in [1.54, 1.807) is 36.4 Å². The van der Waals surface area contributed by atoms with Crippen LogP contribution in [-0.2, 0) is 6.54 Å². The fraction of sp³-hybridized carbons (Fsp3) is 0.0385. The Hall–Kier alpha value is -5.32. The SMILES string of the molecule is NC(=O)c1ncn2c(-c3ccco3)cc(C(=O)NCc3ccc(NC(=O)c4ccc(F)cc4)cc3)nc12. The van der Waals surface area contributed by atoms with Crippen molar-refractivity contribution in [3.63, 3.8) is 0 Å². The Balaban J connectivity index is 1.30. The number of nitrogens with two attached hydrogens (primary N) is 1. The number of amides is 3. The highest BCUT2D eigenvalue weighted by atomic mass is 19.1. The van der Waals surface area contributed by atoms with Crippen LogP contribution < -0.4 is 16.4 Å². The number of carbonyl (C=O) groups is 3. The standard InChI is InChI=1S/C26H19FN6O4/c27-17-7-5-16(6-8-17)25(35)31-18-9-3-15(4-10-18)13-29-26(36)19-12-20(21-2-1-11-37-21)33-14-30-22(23(28)34)24(33)32-19/h1-12,14H,13H2,(H2,28,34)(H,29,36)(H,31,35). The molecule has 3 aromatic heterocycles. The fourth-order valence-corrected chi connectivity index (χ4v) is 3.66. The molecule has 11 heteroatoms. The highest BCUT2D eigenvalue weighted by Gasteiger charge is 2.20. The molecule has 5 rings (SSSR count). The van der Waals surface area contributed by atoms with Gasteiger partial charge in [-0.2, -0.15) is 0 Å². The minimum atomic E-state index is -0.774. The van der Waals surface area contributed by atoms with Gasteiger partial charge in [-0.05, 0) is 60.2 Å². The van der Waals surface area contributed by atoms with E-state index in [0.717, 1.165) is 5.56 Å². The maximum atomic E-state index is 13.1. The van der Waals surface area contributed by atoms with E-state index in [1.165, 1.54) is 47.3 Å². The summed E-state index contributed by atoms with van der Waals surface area (Å²) < 4.78 is 20.0. The Kier molecular flexibility index (Phi) is 6.17. The summed E-state index contributed by atoms with van der Waals surface area (Å²) in [5.74, 6) is -1.60. The van der Waals surface area contributed by atoms with Gasteiger partial charge in [-0.15, -0.1) is 0 Å². The monoisotopic (exact) mass is 498 g/mol. The zero-order valence-electron chi connectivity index (χ0n) is 19.1. The molecule has 0 bridgehead atoms. The minimum absolute atomic E-state index is 0.0464. The minimum Gasteiger partial charge on any atom is -0.463 e. The first-order valence-corrected chi connectivity index (χ1v) is 11.0. The van der Waals surface area contributed by atoms with Crippen molar-refractivity contribution in [1.29, 1.82) is 0 Å². The van der Waals surface area contributed by atoms with E-state index in [0.29, 0.717) is 22.7 Å². The Morgan fingerprint density at radius 3 is 2.43 bits per heavy atom. The molecule has 5 aromatic rings. The van der Waals surface area contributed by atoms with Crippen LogP contribution in [0.15, 0.2) is 83.7 Å². The van der Waals surface area contributed by atoms with Crippen LogP contribution in [0.5, 0.6) is 0 Å². The summed E-state index contributed by atoms with van der Waals surface area (Å²) in [6, 6.07) is 17.0. The molecule has 37 heavy (non-hydrogen) atoms. The van der Waals surface area contributed by atoms with Crippen LogP contribution >= 0.6 is 0 Å². The number of halogens is 1. The molecule has 0 saturated heterocycles. The molecular weight excluding hydrogens is 479 g/mol. The number of nitrogens with zero attached hydrogens (tertiary/aromatic N) is 3. The normalized spacial score (nSPS) is 10.8. The molecule has 0 fully saturated rings. The van der Waals surface area contributed by atoms with Gasteiger partial charge in [-0.1, -0.05) is 12.1 Å². The number of anilines is 1. The first-order valence-electron chi connectivity index (χ1n) is 11.0. The van der Waals surface area contributed by atoms with E-state index in [9.17, 15) is 18.8 Å². The van der Waals surface area contributed by atoms with Crippen LogP contribution in [0.1, 0.15) is 36.9 Å². The first-order chi connectivity index (χ1) is 17.9. The van der Waals surface area contributed by atoms with Gasteiger partial charge in [0, 0.05) is 17.8 Å². The molecule has 0 aliphatic carbocycles. The van der Waals surface area contributed by atoms with Gasteiger partial charge >= 0.3 is 0 Å². The molecule has 0 radical (unpaired) electrons. The molecule has 0 saturated carbocycles. The predicted molar refractivity (Wildman–Crippen MR) is 131 cm³/mol. The molecule has 0 spiro atoms. The molecule has 2 aromatic carbocycles. The Bertz CT molecular complexity index is 1610. The second-order valence-corrected chi connectivity index (χ2v) is 8.00. The number of hydrogen-bond acceptors (Lipinski definition) is 6. The highest BCUT2D eigenvalue weighted by molar-refractivity contribution is 6.04. The first kappa shape index (κ1) is 23.4. The maximum Gasteiger partial charge on any atom is 0.271 e. The lowest BCUT2D eigenvalue weighted by molar-refractivity contribution is 0.0943. The van der Waals surface area contributed by atoms with Gasteiger partial charge in [0.25, 0.3) is 17.7 Å². The summed E-state index contributed by atoms with van der Waals surface area (Å²) in [5, 5.41) is 5.51. The Morgan fingerprint density at radius 1 is 1.00 bits per heavy atom. The third kappa shape index (κ3) is 4.91. The quantitative estimate of drug-likeness (QED) is 0.314. The molecule has 0 aliphatic heterocycles. The molecule has 0 unspecified atom stereocenters. The van der Waals surface area contributed by atoms with Crippen molar-refractivity contribution in [3.8, 4) is 11.5 Å². The lowest BCUT2D eigenvalue weighted by atomic mass is 10.1. The van der Waals surface area contributed by atoms with Gasteiger partial charge in [0.2, 0.25) is 0 Å². The third-order valence-electron chi connectivity index (χ3n) is 5.51. The van der Waals surface area contributed by atoms with E-state index in [4.69, 9.17) is 10.2 Å². The van der Waals surface area contributed by atoms with Crippen LogP contribution in [0, 0.1) is 5.82 Å². The van der Waals surface area contributed by atoms with Gasteiger partial charge in [0.15, 0.2) is 17.1 Å². The average Bonchev–Trinajstić information content (AvgIpc) is 3.58. The number of imidazole rings is 1. The summed E-state index contributed by atoms with van der Waals surface area (Å²) in [7, 11) is 0. The summed E-state index contributed by atoms with van der Waals surface area (Å²) in [5.41, 5.74) is 7.63. The average molecular weight is 498 g/mol. The van der Waals surface area contributed by atoms with Crippen LogP contribution in [-0.4, -0.2) is 32.1 Å². The topological polar surface area (TPSA) is 145 Å². The van der Waals surface area contributed by atoms with Crippen LogP contribution in [0.2, 0.25) is 0 Å². The van der Waals surface area contributed by atoms with Crippen LogP contribution in [0.3, 0.4) is 0 Å². The zero-order valence-corrected chi connectivity index (χ0v) is 19.1. The number of carbonyl (C=O) groups excluding carboxylic acids is 3. The Labute approximate surface area is 209 Å². The molecule has 4 N–H and O–H groups in total. The largest absolute Gasteiger partial charge is 0.463 e. The van der Waals surface area contributed by atoms with Crippen molar-refractivity contribution in [2.24, 2.45) is 5.73 Å². The van der Waals surface area contributed by atoms with Gasteiger partial charge in [0.05, 0.1) is 12.0 Å². The summed E-state index contributed by atoms with van der Waals surface area (Å²) in [6.07, 6.45) is 2.87. The molecule has 0 atom stereocenters. The molecule has 3 heterocycles. The van der Waals surface area contributed by atoms with E-state index >= 15 is 0 Å². The molecule has 0 aliphatic rings. The van der Waals surface area contributed by atoms with Crippen molar-refractivity contribution in [2.75, 3.05) is 5.32 Å². The van der Waals surface area contributed by atoms with E-state index < -0.39 is 17.6 Å². The number of aromatic nitrogens is 3. The molecule has 3 amide bonds. The van der Waals surface area contributed by atoms with E-state index in [1.807, 2.05) is 0 Å². The van der Waals surface area contributed by atoms with Gasteiger partial charge in [-0.3, -0.25) is 18.8 Å². The van der Waals surface area contributed by atoms with Crippen molar-refractivity contribution in [2.45, 2.75) is 6.54 Å². The summed E-state index contributed by atoms with van der Waals surface area (Å²) >= 11 is 0. The van der Waals surface area contributed by atoms with Crippen molar-refractivity contribution >= 4 is 29.1 Å². The van der Waals surface area contributed by atoms with Crippen molar-refractivity contribution in [3.05, 3.63) is 108 Å². The number of fused-ring (bicyclic) bond motifs is 1. The number of benzene rings is 2. The van der Waals surface area contributed by atoms with Crippen LogP contribution in [0.4, 0.5) is 10.1 Å². The number of furan rings is 1. The van der Waals surface area contributed by atoms with Crippen molar-refractivity contribution in [1.82, 2.24) is 19.7 Å². The lowest BCUT2D eigenvalue weighted by Gasteiger charge is -2.09.